The lowest BCUT2D eigenvalue weighted by Gasteiger charge is -2.24. The van der Waals surface area contributed by atoms with E-state index in [-0.39, 0.29) is 0 Å². The minimum atomic E-state index is -1.38. The molecular formula is C14H18ClN3O2S. The number of halogens is 1. The highest BCUT2D eigenvalue weighted by molar-refractivity contribution is 7.91. The second kappa shape index (κ2) is 5.96. The number of nitrogens with one attached hydrogen (secondary N) is 1. The summed E-state index contributed by atoms with van der Waals surface area (Å²) >= 11 is 4.54. The van der Waals surface area contributed by atoms with Gasteiger partial charge in [-0.1, -0.05) is 16.0 Å². The first-order valence-electron chi connectivity index (χ1n) is 6.48. The van der Waals surface area contributed by atoms with E-state index in [1.165, 1.54) is 6.20 Å². The summed E-state index contributed by atoms with van der Waals surface area (Å²) in [6.45, 7) is 7.28. The highest BCUT2D eigenvalue weighted by atomic mass is 35.5. The van der Waals surface area contributed by atoms with Gasteiger partial charge in [-0.15, -0.1) is 0 Å². The molecule has 0 amide bonds. The van der Waals surface area contributed by atoms with Gasteiger partial charge >= 0.3 is 0 Å². The van der Waals surface area contributed by atoms with Crippen molar-refractivity contribution in [2.24, 2.45) is 4.40 Å². The fourth-order valence-corrected chi connectivity index (χ4v) is 2.55. The van der Waals surface area contributed by atoms with Crippen LogP contribution in [0.25, 0.3) is 6.08 Å². The van der Waals surface area contributed by atoms with Crippen molar-refractivity contribution in [3.8, 4) is 0 Å². The average Bonchev–Trinajstić information content (AvgIpc) is 2.37. The molecule has 2 atom stereocenters. The van der Waals surface area contributed by atoms with Crippen molar-refractivity contribution in [2.75, 3.05) is 5.32 Å². The fourth-order valence-electron chi connectivity index (χ4n) is 1.76. The molecule has 0 saturated carbocycles. The Hall–Kier alpha value is -1.08. The first-order chi connectivity index (χ1) is 9.68. The quantitative estimate of drug-likeness (QED) is 0.646. The molecule has 2 unspecified atom stereocenters. The molecule has 0 aromatic carbocycles. The van der Waals surface area contributed by atoms with Crippen LogP contribution in [0, 0.1) is 0 Å². The summed E-state index contributed by atoms with van der Waals surface area (Å²) < 4.78 is 15.8. The first-order valence-corrected chi connectivity index (χ1v) is 7.96. The molecule has 0 fully saturated rings. The van der Waals surface area contributed by atoms with Crippen LogP contribution in [0.15, 0.2) is 22.2 Å². The maximum Gasteiger partial charge on any atom is 0.153 e. The number of anilines is 1. The molecule has 5 nitrogen and oxygen atoms in total. The van der Waals surface area contributed by atoms with Gasteiger partial charge in [0.1, 0.15) is 21.9 Å². The van der Waals surface area contributed by atoms with Crippen LogP contribution in [0.2, 0.25) is 5.02 Å². The van der Waals surface area contributed by atoms with Gasteiger partial charge in [0.25, 0.3) is 0 Å². The predicted octanol–water partition coefficient (Wildman–Crippen LogP) is 2.79. The number of nitrogens with zero attached hydrogens (tertiary/aromatic N) is 2. The van der Waals surface area contributed by atoms with Crippen molar-refractivity contribution in [3.63, 3.8) is 0 Å². The highest BCUT2D eigenvalue weighted by Crippen LogP contribution is 2.28. The summed E-state index contributed by atoms with van der Waals surface area (Å²) in [5, 5.41) is 13.5. The summed E-state index contributed by atoms with van der Waals surface area (Å²) in [5.74, 6) is 0.556. The number of rotatable bonds is 2. The molecule has 2 rings (SSSR count). The van der Waals surface area contributed by atoms with Crippen LogP contribution in [-0.4, -0.2) is 31.3 Å². The van der Waals surface area contributed by atoms with E-state index in [9.17, 15) is 9.66 Å². The Morgan fingerprint density at radius 2 is 2.19 bits per heavy atom. The van der Waals surface area contributed by atoms with Gasteiger partial charge in [-0.3, -0.25) is 0 Å². The molecule has 0 aliphatic carbocycles. The lowest BCUT2D eigenvalue weighted by atomic mass is 10.0. The van der Waals surface area contributed by atoms with Gasteiger partial charge in [0.2, 0.25) is 0 Å². The maximum atomic E-state index is 12.1. The SMILES string of the molecule is CC(=N[S+]([O-])C(C)(C)C)C1=Cc2cc(Cl)cnc2NC1O. The maximum absolute atomic E-state index is 12.1. The van der Waals surface area contributed by atoms with Crippen molar-refractivity contribution >= 4 is 40.6 Å². The minimum Gasteiger partial charge on any atom is -0.591 e. The van der Waals surface area contributed by atoms with E-state index in [0.29, 0.717) is 22.1 Å². The number of pyridine rings is 1. The van der Waals surface area contributed by atoms with Crippen LogP contribution in [0.3, 0.4) is 0 Å². The third-order valence-electron chi connectivity index (χ3n) is 2.92. The Morgan fingerprint density at radius 3 is 2.81 bits per heavy atom. The number of aliphatic hydroxyl groups excluding tert-OH is 1. The van der Waals surface area contributed by atoms with Crippen molar-refractivity contribution in [2.45, 2.75) is 38.7 Å². The summed E-state index contributed by atoms with van der Waals surface area (Å²) in [6, 6.07) is 1.75. The summed E-state index contributed by atoms with van der Waals surface area (Å²) in [5.41, 5.74) is 1.84. The van der Waals surface area contributed by atoms with Gasteiger partial charge in [0, 0.05) is 17.3 Å². The smallest absolute Gasteiger partial charge is 0.153 e. The van der Waals surface area contributed by atoms with E-state index in [1.54, 1.807) is 19.1 Å². The Bertz CT molecular complexity index is 611. The Balaban J connectivity index is 2.37. The molecule has 0 bridgehead atoms. The van der Waals surface area contributed by atoms with E-state index >= 15 is 0 Å². The summed E-state index contributed by atoms with van der Waals surface area (Å²) in [7, 11) is 0. The van der Waals surface area contributed by atoms with Gasteiger partial charge in [0.05, 0.1) is 10.7 Å². The van der Waals surface area contributed by atoms with E-state index in [1.807, 2.05) is 20.8 Å². The minimum absolute atomic E-state index is 0.447. The number of aliphatic hydroxyl groups is 1. The van der Waals surface area contributed by atoms with Crippen LogP contribution in [0.4, 0.5) is 5.82 Å². The molecule has 0 radical (unpaired) electrons. The molecule has 114 valence electrons. The van der Waals surface area contributed by atoms with Crippen LogP contribution < -0.4 is 5.32 Å². The van der Waals surface area contributed by atoms with E-state index in [2.05, 4.69) is 14.7 Å². The zero-order chi connectivity index (χ0) is 15.8. The Morgan fingerprint density at radius 1 is 1.52 bits per heavy atom. The van der Waals surface area contributed by atoms with E-state index in [0.717, 1.165) is 5.56 Å². The molecule has 1 aliphatic rings. The topological polar surface area (TPSA) is 80.6 Å². The fraction of sp³-hybridized carbons (Fsp3) is 0.429. The zero-order valence-corrected chi connectivity index (χ0v) is 13.9. The third kappa shape index (κ3) is 3.77. The molecule has 7 heteroatoms. The lowest BCUT2D eigenvalue weighted by Crippen LogP contribution is -2.31. The molecule has 2 heterocycles. The van der Waals surface area contributed by atoms with Gasteiger partial charge in [-0.2, -0.15) is 0 Å². The zero-order valence-electron chi connectivity index (χ0n) is 12.3. The number of hydrogen-bond acceptors (Lipinski definition) is 5. The molecule has 2 N–H and O–H groups in total. The largest absolute Gasteiger partial charge is 0.591 e. The van der Waals surface area contributed by atoms with E-state index < -0.39 is 22.3 Å². The number of aromatic nitrogens is 1. The van der Waals surface area contributed by atoms with Crippen molar-refractivity contribution in [3.05, 3.63) is 28.4 Å². The third-order valence-corrected chi connectivity index (χ3v) is 4.62. The molecular weight excluding hydrogens is 310 g/mol. The predicted molar refractivity (Wildman–Crippen MR) is 87.9 cm³/mol. The molecule has 0 saturated heterocycles. The van der Waals surface area contributed by atoms with Crippen molar-refractivity contribution in [1.29, 1.82) is 0 Å². The molecule has 21 heavy (non-hydrogen) atoms. The lowest BCUT2D eigenvalue weighted by molar-refractivity contribution is 0.245. The standard InChI is InChI=1S/C14H18ClN3O2S/c1-8(18-21(20)14(2,3)4)11-6-9-5-10(15)7-16-12(9)17-13(11)19/h5-7,13,19H,1-4H3,(H,16,17). The average molecular weight is 328 g/mol. The molecule has 1 aromatic rings. The van der Waals surface area contributed by atoms with Gasteiger partial charge in [-0.05, 0) is 39.8 Å². The van der Waals surface area contributed by atoms with Gasteiger partial charge in [0.15, 0.2) is 6.23 Å². The second-order valence-electron chi connectivity index (χ2n) is 5.78. The highest BCUT2D eigenvalue weighted by Gasteiger charge is 2.29. The molecule has 1 aliphatic heterocycles. The monoisotopic (exact) mass is 327 g/mol. The Kier molecular flexibility index (Phi) is 4.63. The van der Waals surface area contributed by atoms with Gasteiger partial charge < -0.3 is 15.0 Å². The first kappa shape index (κ1) is 16.3. The number of hydrogen-bond donors (Lipinski definition) is 2. The van der Waals surface area contributed by atoms with Crippen LogP contribution >= 0.6 is 11.6 Å². The molecule has 0 spiro atoms. The summed E-state index contributed by atoms with van der Waals surface area (Å²) in [4.78, 5) is 4.12. The van der Waals surface area contributed by atoms with Gasteiger partial charge in [-0.25, -0.2) is 4.98 Å². The van der Waals surface area contributed by atoms with Crippen molar-refractivity contribution in [1.82, 2.24) is 4.98 Å². The number of fused-ring (bicyclic) bond motifs is 1. The second-order valence-corrected chi connectivity index (χ2v) is 8.12. The Labute approximate surface area is 132 Å². The molecule has 1 aromatic heterocycles. The van der Waals surface area contributed by atoms with Crippen molar-refractivity contribution < 1.29 is 9.66 Å². The summed E-state index contributed by atoms with van der Waals surface area (Å²) in [6.07, 6.45) is 2.33. The van der Waals surface area contributed by atoms with Crippen LogP contribution in [0.5, 0.6) is 0 Å². The normalized spacial score (nSPS) is 20.4. The van der Waals surface area contributed by atoms with E-state index in [4.69, 9.17) is 11.6 Å². The van der Waals surface area contributed by atoms with Crippen LogP contribution in [-0.2, 0) is 11.4 Å². The van der Waals surface area contributed by atoms with Crippen LogP contribution in [0.1, 0.15) is 33.3 Å².